The van der Waals surface area contributed by atoms with Crippen LogP contribution in [0.3, 0.4) is 0 Å². The molecule has 2 amide bonds. The molecule has 0 aliphatic carbocycles. The SMILES string of the molecule is CC(C)[C@H](C(=O)N1CCCC(CNC(=O)C2CCCN2)C1)N(C)C.Cl.Cl. The van der Waals surface area contributed by atoms with Crippen LogP contribution in [0.1, 0.15) is 39.5 Å². The Bertz CT molecular complexity index is 435. The minimum absolute atomic E-state index is 0. The number of likely N-dealkylation sites (N-methyl/N-ethyl adjacent to an activating group) is 1. The van der Waals surface area contributed by atoms with Crippen molar-refractivity contribution in [3.63, 3.8) is 0 Å². The lowest BCUT2D eigenvalue weighted by Crippen LogP contribution is -2.53. The predicted octanol–water partition coefficient (Wildman–Crippen LogP) is 1.52. The zero-order valence-corrected chi connectivity index (χ0v) is 18.1. The molecule has 2 unspecified atom stereocenters. The molecule has 2 N–H and O–H groups in total. The molecular formula is C18H36Cl2N4O2. The van der Waals surface area contributed by atoms with Crippen LogP contribution in [0.4, 0.5) is 0 Å². The highest BCUT2D eigenvalue weighted by molar-refractivity contribution is 5.85. The van der Waals surface area contributed by atoms with Gasteiger partial charge in [-0.05, 0) is 58.2 Å². The second-order valence-electron chi connectivity index (χ2n) is 7.84. The topological polar surface area (TPSA) is 64.7 Å². The largest absolute Gasteiger partial charge is 0.354 e. The number of nitrogens with one attached hydrogen (secondary N) is 2. The summed E-state index contributed by atoms with van der Waals surface area (Å²) in [5.74, 6) is 0.997. The number of amides is 2. The minimum atomic E-state index is -0.0685. The summed E-state index contributed by atoms with van der Waals surface area (Å²) in [7, 11) is 3.94. The molecular weight excluding hydrogens is 375 g/mol. The molecule has 0 aromatic heterocycles. The fourth-order valence-corrected chi connectivity index (χ4v) is 4.00. The maximum Gasteiger partial charge on any atom is 0.240 e. The van der Waals surface area contributed by atoms with E-state index in [4.69, 9.17) is 0 Å². The van der Waals surface area contributed by atoms with Crippen molar-refractivity contribution in [1.29, 1.82) is 0 Å². The number of carbonyl (C=O) groups is 2. The summed E-state index contributed by atoms with van der Waals surface area (Å²) < 4.78 is 0. The summed E-state index contributed by atoms with van der Waals surface area (Å²) >= 11 is 0. The molecule has 2 fully saturated rings. The normalized spacial score (nSPS) is 24.0. The summed E-state index contributed by atoms with van der Waals surface area (Å²) in [6.45, 7) is 7.40. The molecule has 0 saturated carbocycles. The van der Waals surface area contributed by atoms with E-state index in [0.29, 0.717) is 18.4 Å². The molecule has 0 radical (unpaired) electrons. The van der Waals surface area contributed by atoms with Gasteiger partial charge in [-0.2, -0.15) is 0 Å². The van der Waals surface area contributed by atoms with Crippen LogP contribution < -0.4 is 10.6 Å². The molecule has 2 aliphatic heterocycles. The molecule has 154 valence electrons. The van der Waals surface area contributed by atoms with E-state index in [2.05, 4.69) is 24.5 Å². The van der Waals surface area contributed by atoms with Crippen molar-refractivity contribution in [2.24, 2.45) is 11.8 Å². The Balaban J connectivity index is 0.00000312. The Morgan fingerprint density at radius 1 is 1.19 bits per heavy atom. The van der Waals surface area contributed by atoms with Gasteiger partial charge in [0.05, 0.1) is 12.1 Å². The summed E-state index contributed by atoms with van der Waals surface area (Å²) in [6, 6.07) is -0.0913. The van der Waals surface area contributed by atoms with Crippen LogP contribution in [0.5, 0.6) is 0 Å². The fraction of sp³-hybridized carbons (Fsp3) is 0.889. The fourth-order valence-electron chi connectivity index (χ4n) is 4.00. The first-order valence-corrected chi connectivity index (χ1v) is 9.36. The second kappa shape index (κ2) is 12.0. The first-order valence-electron chi connectivity index (χ1n) is 9.36. The van der Waals surface area contributed by atoms with E-state index >= 15 is 0 Å². The zero-order chi connectivity index (χ0) is 17.7. The van der Waals surface area contributed by atoms with E-state index in [-0.39, 0.29) is 48.7 Å². The first kappa shape index (κ1) is 25.4. The molecule has 2 heterocycles. The van der Waals surface area contributed by atoms with E-state index in [1.807, 2.05) is 23.9 Å². The van der Waals surface area contributed by atoms with Gasteiger partial charge in [-0.3, -0.25) is 14.5 Å². The minimum Gasteiger partial charge on any atom is -0.354 e. The van der Waals surface area contributed by atoms with Gasteiger partial charge in [0.2, 0.25) is 11.8 Å². The second-order valence-corrected chi connectivity index (χ2v) is 7.84. The van der Waals surface area contributed by atoms with Gasteiger partial charge >= 0.3 is 0 Å². The number of likely N-dealkylation sites (tertiary alicyclic amines) is 1. The van der Waals surface area contributed by atoms with E-state index < -0.39 is 0 Å². The Morgan fingerprint density at radius 2 is 1.88 bits per heavy atom. The molecule has 2 rings (SSSR count). The highest BCUT2D eigenvalue weighted by atomic mass is 35.5. The average molecular weight is 411 g/mol. The third kappa shape index (κ3) is 6.87. The number of piperidine rings is 1. The van der Waals surface area contributed by atoms with Crippen molar-refractivity contribution in [1.82, 2.24) is 20.4 Å². The van der Waals surface area contributed by atoms with Crippen molar-refractivity contribution < 1.29 is 9.59 Å². The summed E-state index contributed by atoms with van der Waals surface area (Å²) in [6.07, 6.45) is 4.10. The molecule has 3 atom stereocenters. The van der Waals surface area contributed by atoms with Crippen molar-refractivity contribution in [2.75, 3.05) is 40.3 Å². The highest BCUT2D eigenvalue weighted by Gasteiger charge is 2.32. The van der Waals surface area contributed by atoms with Gasteiger partial charge in [-0.1, -0.05) is 13.8 Å². The predicted molar refractivity (Wildman–Crippen MR) is 110 cm³/mol. The van der Waals surface area contributed by atoms with Gasteiger partial charge in [0.15, 0.2) is 0 Å². The summed E-state index contributed by atoms with van der Waals surface area (Å²) in [4.78, 5) is 29.0. The molecule has 2 aliphatic rings. The monoisotopic (exact) mass is 410 g/mol. The van der Waals surface area contributed by atoms with Crippen LogP contribution in [0.25, 0.3) is 0 Å². The summed E-state index contributed by atoms with van der Waals surface area (Å²) in [5.41, 5.74) is 0. The van der Waals surface area contributed by atoms with Crippen LogP contribution in [-0.2, 0) is 9.59 Å². The number of nitrogens with zero attached hydrogens (tertiary/aromatic N) is 2. The van der Waals surface area contributed by atoms with Crippen LogP contribution in [0.2, 0.25) is 0 Å². The number of carbonyl (C=O) groups excluding carboxylic acids is 2. The number of hydrogen-bond acceptors (Lipinski definition) is 4. The van der Waals surface area contributed by atoms with Crippen molar-refractivity contribution >= 4 is 36.6 Å². The van der Waals surface area contributed by atoms with Crippen molar-refractivity contribution in [3.8, 4) is 0 Å². The lowest BCUT2D eigenvalue weighted by atomic mass is 9.95. The number of halogens is 2. The van der Waals surface area contributed by atoms with Gasteiger partial charge < -0.3 is 15.5 Å². The molecule has 0 bridgehead atoms. The quantitative estimate of drug-likeness (QED) is 0.696. The zero-order valence-electron chi connectivity index (χ0n) is 16.5. The first-order chi connectivity index (χ1) is 11.4. The van der Waals surface area contributed by atoms with Gasteiger partial charge in [-0.25, -0.2) is 0 Å². The van der Waals surface area contributed by atoms with Crippen LogP contribution in [-0.4, -0.2) is 74.0 Å². The van der Waals surface area contributed by atoms with E-state index in [0.717, 1.165) is 45.3 Å². The average Bonchev–Trinajstić information content (AvgIpc) is 3.06. The molecule has 0 aromatic carbocycles. The Kier molecular flexibility index (Phi) is 11.7. The standard InChI is InChI=1S/C18H34N4O2.2ClH/c1-13(2)16(21(3)4)18(24)22-10-6-7-14(12-22)11-20-17(23)15-8-5-9-19-15;;/h13-16,19H,5-12H2,1-4H3,(H,20,23);2*1H/t14?,15?,16-;;/m1../s1. The van der Waals surface area contributed by atoms with E-state index in [1.165, 1.54) is 0 Å². The smallest absolute Gasteiger partial charge is 0.240 e. The molecule has 26 heavy (non-hydrogen) atoms. The summed E-state index contributed by atoms with van der Waals surface area (Å²) in [5, 5.41) is 6.31. The van der Waals surface area contributed by atoms with E-state index in [9.17, 15) is 9.59 Å². The molecule has 6 nitrogen and oxygen atoms in total. The van der Waals surface area contributed by atoms with Gasteiger partial charge in [0.25, 0.3) is 0 Å². The van der Waals surface area contributed by atoms with Crippen molar-refractivity contribution in [2.45, 2.75) is 51.6 Å². The number of hydrogen-bond donors (Lipinski definition) is 2. The molecule has 8 heteroatoms. The Morgan fingerprint density at radius 3 is 2.42 bits per heavy atom. The molecule has 0 spiro atoms. The van der Waals surface area contributed by atoms with Crippen LogP contribution >= 0.6 is 24.8 Å². The Hall–Kier alpha value is -0.560. The van der Waals surface area contributed by atoms with E-state index in [1.54, 1.807) is 0 Å². The maximum atomic E-state index is 12.9. The lowest BCUT2D eigenvalue weighted by Gasteiger charge is -2.38. The number of rotatable bonds is 6. The highest BCUT2D eigenvalue weighted by Crippen LogP contribution is 2.20. The third-order valence-electron chi connectivity index (χ3n) is 5.21. The van der Waals surface area contributed by atoms with Gasteiger partial charge in [0, 0.05) is 19.6 Å². The van der Waals surface area contributed by atoms with Crippen molar-refractivity contribution in [3.05, 3.63) is 0 Å². The third-order valence-corrected chi connectivity index (χ3v) is 5.21. The maximum absolute atomic E-state index is 12.9. The van der Waals surface area contributed by atoms with Crippen LogP contribution in [0.15, 0.2) is 0 Å². The molecule has 0 aromatic rings. The van der Waals surface area contributed by atoms with Gasteiger partial charge in [0.1, 0.15) is 0 Å². The Labute approximate surface area is 170 Å². The van der Waals surface area contributed by atoms with Crippen LogP contribution in [0, 0.1) is 11.8 Å². The molecule has 2 saturated heterocycles. The van der Waals surface area contributed by atoms with Gasteiger partial charge in [-0.15, -0.1) is 24.8 Å². The lowest BCUT2D eigenvalue weighted by molar-refractivity contribution is -0.139.